The largest absolute Gasteiger partial charge is 0.396 e. The maximum absolute atomic E-state index is 14.4. The van der Waals surface area contributed by atoms with Gasteiger partial charge in [0, 0.05) is 25.6 Å². The molecule has 0 aromatic heterocycles. The highest BCUT2D eigenvalue weighted by Crippen LogP contribution is 2.45. The molecule has 0 radical (unpaired) electrons. The van der Waals surface area contributed by atoms with Gasteiger partial charge in [0.2, 0.25) is 5.91 Å². The number of carbonyl (C=O) groups is 1. The van der Waals surface area contributed by atoms with E-state index in [1.807, 2.05) is 0 Å². The lowest BCUT2D eigenvalue weighted by Crippen LogP contribution is -2.42. The molecule has 1 N–H and O–H groups in total. The Bertz CT molecular complexity index is 1430. The molecule has 2 aliphatic rings. The van der Waals surface area contributed by atoms with Gasteiger partial charge in [-0.25, -0.2) is 21.6 Å². The molecule has 0 bridgehead atoms. The zero-order valence-corrected chi connectivity index (χ0v) is 22.1. The lowest BCUT2D eigenvalue weighted by atomic mass is 9.82. The number of hydrogen-bond donors (Lipinski definition) is 1. The Kier molecular flexibility index (Phi) is 7.57. The Morgan fingerprint density at radius 2 is 1.51 bits per heavy atom. The molecule has 206 valence electrons. The van der Waals surface area contributed by atoms with E-state index in [1.54, 1.807) is 17.0 Å². The number of aliphatic hydroxyl groups is 1. The lowest BCUT2D eigenvalue weighted by molar-refractivity contribution is -0.136. The minimum Gasteiger partial charge on any atom is -0.396 e. The summed E-state index contributed by atoms with van der Waals surface area (Å²) < 4.78 is 69.2. The molecule has 9 heteroatoms. The van der Waals surface area contributed by atoms with Crippen molar-refractivity contribution in [1.29, 1.82) is 0 Å². The smallest absolute Gasteiger partial charge is 0.225 e. The molecule has 1 saturated carbocycles. The molecule has 2 fully saturated rings. The van der Waals surface area contributed by atoms with Crippen LogP contribution in [0.3, 0.4) is 0 Å². The summed E-state index contributed by atoms with van der Waals surface area (Å²) in [4.78, 5) is 15.0. The minimum atomic E-state index is -4.12. The minimum absolute atomic E-state index is 0.0640. The van der Waals surface area contributed by atoms with Gasteiger partial charge >= 0.3 is 0 Å². The van der Waals surface area contributed by atoms with Crippen LogP contribution in [-0.4, -0.2) is 44.0 Å². The van der Waals surface area contributed by atoms with E-state index >= 15 is 0 Å². The zero-order valence-electron chi connectivity index (χ0n) is 21.3. The van der Waals surface area contributed by atoms with Crippen LogP contribution in [-0.2, 0) is 19.4 Å². The first-order valence-electron chi connectivity index (χ1n) is 13.1. The van der Waals surface area contributed by atoms with Crippen LogP contribution in [0.2, 0.25) is 0 Å². The predicted molar refractivity (Wildman–Crippen MR) is 141 cm³/mol. The second-order valence-corrected chi connectivity index (χ2v) is 12.8. The summed E-state index contributed by atoms with van der Waals surface area (Å²) in [6, 6.07) is 14.2. The molecule has 1 amide bonds. The van der Waals surface area contributed by atoms with Gasteiger partial charge in [-0.1, -0.05) is 30.3 Å². The summed E-state index contributed by atoms with van der Waals surface area (Å²) in [6.07, 6.45) is 2.89. The van der Waals surface area contributed by atoms with Crippen molar-refractivity contribution in [2.45, 2.75) is 41.7 Å². The van der Waals surface area contributed by atoms with Gasteiger partial charge in [0.05, 0.1) is 10.5 Å². The first kappa shape index (κ1) is 27.4. The third-order valence-electron chi connectivity index (χ3n) is 8.30. The third-order valence-corrected chi connectivity index (χ3v) is 10.8. The van der Waals surface area contributed by atoms with Crippen molar-refractivity contribution >= 4 is 15.7 Å². The summed E-state index contributed by atoms with van der Waals surface area (Å²) in [5, 5.41) is 9.43. The van der Waals surface area contributed by atoms with Gasteiger partial charge in [0.15, 0.2) is 9.84 Å². The summed E-state index contributed by atoms with van der Waals surface area (Å²) in [6.45, 7) is 0.234. The van der Waals surface area contributed by atoms with Gasteiger partial charge in [0.25, 0.3) is 0 Å². The molecule has 0 spiro atoms. The topological polar surface area (TPSA) is 74.7 Å². The monoisotopic (exact) mass is 557 g/mol. The van der Waals surface area contributed by atoms with E-state index in [0.717, 1.165) is 37.1 Å². The van der Waals surface area contributed by atoms with Gasteiger partial charge in [-0.05, 0) is 85.5 Å². The lowest BCUT2D eigenvalue weighted by Gasteiger charge is -2.32. The van der Waals surface area contributed by atoms with Crippen LogP contribution in [0.15, 0.2) is 71.6 Å². The van der Waals surface area contributed by atoms with Crippen LogP contribution < -0.4 is 0 Å². The second kappa shape index (κ2) is 10.8. The van der Waals surface area contributed by atoms with Gasteiger partial charge in [0.1, 0.15) is 22.2 Å². The van der Waals surface area contributed by atoms with E-state index in [4.69, 9.17) is 0 Å². The number of nitrogens with zero attached hydrogens (tertiary/aromatic N) is 1. The van der Waals surface area contributed by atoms with E-state index in [2.05, 4.69) is 0 Å². The molecule has 1 aliphatic carbocycles. The summed E-state index contributed by atoms with van der Waals surface area (Å²) in [7, 11) is -4.12. The fraction of sp³-hybridized carbons (Fsp3) is 0.367. The molecule has 1 heterocycles. The molecule has 1 atom stereocenters. The van der Waals surface area contributed by atoms with Crippen molar-refractivity contribution in [3.63, 3.8) is 0 Å². The first-order chi connectivity index (χ1) is 18.7. The fourth-order valence-electron chi connectivity index (χ4n) is 5.98. The normalized spacial score (nSPS) is 23.6. The molecular weight excluding hydrogens is 527 g/mol. The molecule has 39 heavy (non-hydrogen) atoms. The number of hydrogen-bond acceptors (Lipinski definition) is 4. The van der Waals surface area contributed by atoms with Crippen LogP contribution in [0, 0.1) is 29.3 Å². The number of amides is 1. The number of carbonyl (C=O) groups excluding carboxylic acids is 1. The molecule has 5 rings (SSSR count). The molecule has 1 aliphatic heterocycles. The highest BCUT2D eigenvalue weighted by atomic mass is 32.2. The molecular formula is C30H30F3NO4S. The average molecular weight is 558 g/mol. The van der Waals surface area contributed by atoms with Crippen LogP contribution in [0.1, 0.15) is 37.7 Å². The van der Waals surface area contributed by atoms with Crippen molar-refractivity contribution in [1.82, 2.24) is 4.90 Å². The van der Waals surface area contributed by atoms with Crippen LogP contribution in [0.25, 0.3) is 11.1 Å². The molecule has 3 aromatic carbocycles. The number of aliphatic hydroxyl groups excluding tert-OH is 1. The fourth-order valence-corrected chi connectivity index (χ4v) is 8.06. The maximum Gasteiger partial charge on any atom is 0.225 e. The van der Waals surface area contributed by atoms with E-state index in [1.165, 1.54) is 30.3 Å². The van der Waals surface area contributed by atoms with Crippen molar-refractivity contribution in [3.8, 4) is 11.1 Å². The van der Waals surface area contributed by atoms with Crippen molar-refractivity contribution < 1.29 is 31.5 Å². The van der Waals surface area contributed by atoms with E-state index in [0.29, 0.717) is 18.4 Å². The number of benzene rings is 3. The SMILES string of the molecule is O=C(C1CCC(CO)CC1)N1CCC(c2ccc(-c3c(F)cccc3F)cc2)(S(=O)(=O)c2ccc(F)cc2)C1. The standard InChI is InChI=1S/C30H30F3NO4S/c31-24-12-14-25(15-13-24)39(37,38)30(16-17-34(19-30)29(36)22-6-4-20(18-35)5-7-22)23-10-8-21(9-11-23)28-26(32)2-1-3-27(28)33/h1-3,8-15,20,22,35H,4-7,16-19H2. The maximum atomic E-state index is 14.4. The Balaban J connectivity index is 1.51. The highest BCUT2D eigenvalue weighted by molar-refractivity contribution is 7.92. The van der Waals surface area contributed by atoms with Gasteiger partial charge in [-0.15, -0.1) is 0 Å². The first-order valence-corrected chi connectivity index (χ1v) is 14.6. The van der Waals surface area contributed by atoms with Gasteiger partial charge < -0.3 is 10.0 Å². The van der Waals surface area contributed by atoms with E-state index in [9.17, 15) is 31.5 Å². The van der Waals surface area contributed by atoms with Gasteiger partial charge in [-0.2, -0.15) is 0 Å². The third kappa shape index (κ3) is 4.98. The number of halogens is 3. The molecule has 5 nitrogen and oxygen atoms in total. The van der Waals surface area contributed by atoms with Crippen molar-refractivity contribution in [2.24, 2.45) is 11.8 Å². The average Bonchev–Trinajstić information content (AvgIpc) is 3.41. The summed E-state index contributed by atoms with van der Waals surface area (Å²) in [5.74, 6) is -2.18. The van der Waals surface area contributed by atoms with Crippen molar-refractivity contribution in [3.05, 3.63) is 89.7 Å². The summed E-state index contributed by atoms with van der Waals surface area (Å²) in [5.41, 5.74) is 0.447. The number of sulfone groups is 1. The summed E-state index contributed by atoms with van der Waals surface area (Å²) >= 11 is 0. The van der Waals surface area contributed by atoms with E-state index in [-0.39, 0.29) is 59.9 Å². The molecule has 1 unspecified atom stereocenters. The Hall–Kier alpha value is -3.17. The second-order valence-electron chi connectivity index (χ2n) is 10.5. The van der Waals surface area contributed by atoms with Crippen LogP contribution in [0.4, 0.5) is 13.2 Å². The Labute approximate surface area is 226 Å². The Morgan fingerprint density at radius 1 is 0.897 bits per heavy atom. The molecule has 3 aromatic rings. The Morgan fingerprint density at radius 3 is 2.10 bits per heavy atom. The predicted octanol–water partition coefficient (Wildman–Crippen LogP) is 5.47. The quantitative estimate of drug-likeness (QED) is 0.408. The zero-order chi connectivity index (χ0) is 27.8. The van der Waals surface area contributed by atoms with Crippen LogP contribution >= 0.6 is 0 Å². The highest BCUT2D eigenvalue weighted by Gasteiger charge is 2.52. The number of likely N-dealkylation sites (tertiary alicyclic amines) is 1. The molecule has 1 saturated heterocycles. The van der Waals surface area contributed by atoms with Gasteiger partial charge in [-0.3, -0.25) is 4.79 Å². The van der Waals surface area contributed by atoms with Crippen molar-refractivity contribution in [2.75, 3.05) is 19.7 Å². The van der Waals surface area contributed by atoms with Crippen LogP contribution in [0.5, 0.6) is 0 Å². The number of rotatable bonds is 6. The van der Waals surface area contributed by atoms with E-state index < -0.39 is 32.0 Å².